The molecule has 4 aromatic rings. The van der Waals surface area contributed by atoms with Crippen LogP contribution in [0.15, 0.2) is 57.5 Å². The van der Waals surface area contributed by atoms with Crippen LogP contribution in [0, 0.1) is 0 Å². The van der Waals surface area contributed by atoms with Crippen LogP contribution in [0.3, 0.4) is 0 Å². The largest absolute Gasteiger partial charge is 0.497 e. The van der Waals surface area contributed by atoms with E-state index in [1.165, 1.54) is 34.9 Å². The topological polar surface area (TPSA) is 90.6 Å². The second-order valence-electron chi connectivity index (χ2n) is 6.68. The fourth-order valence-electron chi connectivity index (χ4n) is 3.00. The van der Waals surface area contributed by atoms with Crippen molar-refractivity contribution in [2.45, 2.75) is 17.9 Å². The number of thioether (sulfide) groups is 1. The molecule has 0 bridgehead atoms. The first kappa shape index (κ1) is 23.1. The van der Waals surface area contributed by atoms with Crippen molar-refractivity contribution in [3.8, 4) is 23.0 Å². The van der Waals surface area contributed by atoms with Crippen molar-refractivity contribution in [1.82, 2.24) is 15.2 Å². The van der Waals surface area contributed by atoms with Gasteiger partial charge in [0.2, 0.25) is 5.91 Å². The Kier molecular flexibility index (Phi) is 7.17. The molecule has 0 aliphatic heterocycles. The van der Waals surface area contributed by atoms with E-state index in [4.69, 9.17) is 25.5 Å². The number of hydrogen-bond donors (Lipinski definition) is 0. The van der Waals surface area contributed by atoms with Gasteiger partial charge in [-0.25, -0.2) is 4.98 Å². The Balaban J connectivity index is 1.47. The van der Waals surface area contributed by atoms with E-state index >= 15 is 0 Å². The summed E-state index contributed by atoms with van der Waals surface area (Å²) in [6.45, 7) is 1.49. The number of thiazole rings is 1. The molecule has 0 spiro atoms. The average molecular weight is 503 g/mol. The molecule has 2 aromatic carbocycles. The Hall–Kier alpha value is -3.08. The number of halogens is 1. The van der Waals surface area contributed by atoms with Gasteiger partial charge in [-0.3, -0.25) is 9.69 Å². The summed E-state index contributed by atoms with van der Waals surface area (Å²) in [6.07, 6.45) is 0. The Morgan fingerprint density at radius 2 is 2.03 bits per heavy atom. The highest BCUT2D eigenvalue weighted by atomic mass is 35.5. The summed E-state index contributed by atoms with van der Waals surface area (Å²) < 4.78 is 16.4. The van der Waals surface area contributed by atoms with Crippen LogP contribution < -0.4 is 14.4 Å². The molecular weight excluding hydrogens is 484 g/mol. The van der Waals surface area contributed by atoms with Crippen LogP contribution in [0.4, 0.5) is 10.8 Å². The van der Waals surface area contributed by atoms with Crippen LogP contribution in [0.25, 0.3) is 11.5 Å². The van der Waals surface area contributed by atoms with Crippen LogP contribution in [0.5, 0.6) is 11.5 Å². The Labute approximate surface area is 203 Å². The lowest BCUT2D eigenvalue weighted by molar-refractivity contribution is -0.115. The molecule has 8 nitrogen and oxygen atoms in total. The summed E-state index contributed by atoms with van der Waals surface area (Å²) in [6, 6.07) is 12.5. The van der Waals surface area contributed by atoms with E-state index in [9.17, 15) is 4.79 Å². The highest BCUT2D eigenvalue weighted by Crippen LogP contribution is 2.35. The SMILES string of the molecule is COc1ccc(-c2nnc(SCc3csc(N(C(C)=O)c4cccc(Cl)c4)n3)o2)c(OC)c1. The fourth-order valence-corrected chi connectivity index (χ4v) is 4.83. The second-order valence-corrected chi connectivity index (χ2v) is 8.88. The molecule has 11 heteroatoms. The number of benzene rings is 2. The van der Waals surface area contributed by atoms with Gasteiger partial charge < -0.3 is 13.9 Å². The van der Waals surface area contributed by atoms with E-state index in [1.54, 1.807) is 50.6 Å². The summed E-state index contributed by atoms with van der Waals surface area (Å²) in [7, 11) is 3.16. The molecule has 0 radical (unpaired) electrons. The molecular formula is C22H19ClN4O4S2. The second kappa shape index (κ2) is 10.2. The van der Waals surface area contributed by atoms with E-state index in [0.717, 1.165) is 5.69 Å². The van der Waals surface area contributed by atoms with Crippen LogP contribution in [0.1, 0.15) is 12.6 Å². The average Bonchev–Trinajstić information content (AvgIpc) is 3.47. The molecule has 0 saturated heterocycles. The molecule has 33 heavy (non-hydrogen) atoms. The van der Waals surface area contributed by atoms with Gasteiger partial charge >= 0.3 is 0 Å². The Morgan fingerprint density at radius 1 is 1.18 bits per heavy atom. The number of carbonyl (C=O) groups excluding carboxylic acids is 1. The normalized spacial score (nSPS) is 10.8. The van der Waals surface area contributed by atoms with Gasteiger partial charge in [-0.15, -0.1) is 21.5 Å². The van der Waals surface area contributed by atoms with Crippen LogP contribution in [0.2, 0.25) is 5.02 Å². The zero-order valence-electron chi connectivity index (χ0n) is 17.9. The van der Waals surface area contributed by atoms with Crippen molar-refractivity contribution >= 4 is 51.4 Å². The van der Waals surface area contributed by atoms with Gasteiger partial charge in [-0.1, -0.05) is 29.4 Å². The molecule has 4 rings (SSSR count). The number of nitrogens with zero attached hydrogens (tertiary/aromatic N) is 4. The predicted molar refractivity (Wildman–Crippen MR) is 129 cm³/mol. The van der Waals surface area contributed by atoms with E-state index < -0.39 is 0 Å². The fraction of sp³-hybridized carbons (Fsp3) is 0.182. The maximum atomic E-state index is 12.3. The summed E-state index contributed by atoms with van der Waals surface area (Å²) in [5.74, 6) is 1.94. The zero-order chi connectivity index (χ0) is 23.4. The number of ether oxygens (including phenoxy) is 2. The third-order valence-electron chi connectivity index (χ3n) is 4.50. The highest BCUT2D eigenvalue weighted by Gasteiger charge is 2.19. The summed E-state index contributed by atoms with van der Waals surface area (Å²) in [5.41, 5.74) is 2.13. The van der Waals surface area contributed by atoms with Crippen molar-refractivity contribution in [3.05, 3.63) is 58.6 Å². The molecule has 2 heterocycles. The summed E-state index contributed by atoms with van der Waals surface area (Å²) in [4.78, 5) is 18.4. The molecule has 0 N–H and O–H groups in total. The zero-order valence-corrected chi connectivity index (χ0v) is 20.3. The smallest absolute Gasteiger partial charge is 0.277 e. The lowest BCUT2D eigenvalue weighted by atomic mass is 10.2. The van der Waals surface area contributed by atoms with Crippen molar-refractivity contribution in [3.63, 3.8) is 0 Å². The molecule has 2 aromatic heterocycles. The molecule has 1 amide bonds. The number of amides is 1. The van der Waals surface area contributed by atoms with Gasteiger partial charge in [0.25, 0.3) is 11.1 Å². The van der Waals surface area contributed by atoms with Gasteiger partial charge in [0.05, 0.1) is 31.2 Å². The predicted octanol–water partition coefficient (Wildman–Crippen LogP) is 5.84. The van der Waals surface area contributed by atoms with Crippen LogP contribution >= 0.6 is 34.7 Å². The highest BCUT2D eigenvalue weighted by molar-refractivity contribution is 7.98. The number of rotatable bonds is 8. The lowest BCUT2D eigenvalue weighted by Gasteiger charge is -2.18. The first-order valence-electron chi connectivity index (χ1n) is 9.68. The minimum atomic E-state index is -0.152. The third-order valence-corrected chi connectivity index (χ3v) is 6.46. The Morgan fingerprint density at radius 3 is 2.76 bits per heavy atom. The van der Waals surface area contributed by atoms with Gasteiger partial charge in [-0.2, -0.15) is 0 Å². The molecule has 0 saturated carbocycles. The maximum Gasteiger partial charge on any atom is 0.277 e. The van der Waals surface area contributed by atoms with Gasteiger partial charge in [-0.05, 0) is 30.3 Å². The van der Waals surface area contributed by atoms with Crippen molar-refractivity contribution in [1.29, 1.82) is 0 Å². The monoisotopic (exact) mass is 502 g/mol. The van der Waals surface area contributed by atoms with Gasteiger partial charge in [0.15, 0.2) is 5.13 Å². The molecule has 0 atom stereocenters. The third kappa shape index (κ3) is 5.29. The van der Waals surface area contributed by atoms with Crippen LogP contribution in [-0.2, 0) is 10.5 Å². The summed E-state index contributed by atoms with van der Waals surface area (Å²) in [5, 5.41) is 11.6. The summed E-state index contributed by atoms with van der Waals surface area (Å²) >= 11 is 8.82. The standard InChI is InChI=1S/C22H19ClN4O4S2/c1-13(28)27(16-6-4-5-14(23)9-16)21-24-15(11-32-21)12-33-22-26-25-20(31-22)18-8-7-17(29-2)10-19(18)30-3/h4-11H,12H2,1-3H3. The first-order valence-corrected chi connectivity index (χ1v) is 11.9. The van der Waals surface area contributed by atoms with Gasteiger partial charge in [0, 0.05) is 29.1 Å². The van der Waals surface area contributed by atoms with Crippen LogP contribution in [-0.4, -0.2) is 35.3 Å². The molecule has 0 aliphatic carbocycles. The number of hydrogen-bond acceptors (Lipinski definition) is 9. The molecule has 0 fully saturated rings. The lowest BCUT2D eigenvalue weighted by Crippen LogP contribution is -2.22. The van der Waals surface area contributed by atoms with Gasteiger partial charge in [0.1, 0.15) is 11.5 Å². The molecule has 170 valence electrons. The first-order chi connectivity index (χ1) is 16.0. The van der Waals surface area contributed by atoms with E-state index in [2.05, 4.69) is 15.2 Å². The minimum Gasteiger partial charge on any atom is -0.497 e. The van der Waals surface area contributed by atoms with E-state index in [0.29, 0.717) is 49.8 Å². The molecule has 0 unspecified atom stereocenters. The van der Waals surface area contributed by atoms with E-state index in [1.807, 2.05) is 11.4 Å². The Bertz CT molecular complexity index is 1280. The van der Waals surface area contributed by atoms with E-state index in [-0.39, 0.29) is 5.91 Å². The number of anilines is 2. The number of aromatic nitrogens is 3. The number of methoxy groups -OCH3 is 2. The quantitative estimate of drug-likeness (QED) is 0.277. The maximum absolute atomic E-state index is 12.3. The minimum absolute atomic E-state index is 0.152. The van der Waals surface area contributed by atoms with Crippen molar-refractivity contribution < 1.29 is 18.7 Å². The molecule has 0 aliphatic rings. The number of carbonyl (C=O) groups is 1. The van der Waals surface area contributed by atoms with Crippen molar-refractivity contribution in [2.24, 2.45) is 0 Å². The van der Waals surface area contributed by atoms with Crippen molar-refractivity contribution in [2.75, 3.05) is 19.1 Å².